The molecule has 6 aromatic rings. The summed E-state index contributed by atoms with van der Waals surface area (Å²) in [5, 5.41) is 11.8. The first-order valence-corrected chi connectivity index (χ1v) is 30.0. The van der Waals surface area contributed by atoms with Crippen molar-refractivity contribution in [1.29, 1.82) is 0 Å². The molecule has 2 fully saturated rings. The number of anilines is 4. The number of nitrogens with one attached hydrogen (secondary N) is 4. The number of nitrogens with two attached hydrogens (primary N) is 2. The van der Waals surface area contributed by atoms with E-state index in [2.05, 4.69) is 31.2 Å². The Morgan fingerprint density at radius 2 is 1.00 bits per heavy atom. The van der Waals surface area contributed by atoms with Crippen molar-refractivity contribution in [2.75, 3.05) is 75.3 Å². The third-order valence-electron chi connectivity index (χ3n) is 13.9. The molecule has 0 aliphatic carbocycles. The first-order chi connectivity index (χ1) is 39.8. The monoisotopic (exact) mass is 1190 g/mol. The van der Waals surface area contributed by atoms with E-state index in [0.29, 0.717) is 107 Å². The lowest BCUT2D eigenvalue weighted by molar-refractivity contribution is -0.134. The maximum atomic E-state index is 14.4. The zero-order valence-corrected chi connectivity index (χ0v) is 49.1. The molecule has 84 heavy (non-hydrogen) atoms. The van der Waals surface area contributed by atoms with E-state index in [-0.39, 0.29) is 44.7 Å². The van der Waals surface area contributed by atoms with Gasteiger partial charge in [0, 0.05) is 68.9 Å². The van der Waals surface area contributed by atoms with Crippen LogP contribution in [-0.4, -0.2) is 126 Å². The van der Waals surface area contributed by atoms with Crippen molar-refractivity contribution in [2.45, 2.75) is 73.5 Å². The quantitative estimate of drug-likeness (QED) is 0.0499. The van der Waals surface area contributed by atoms with E-state index in [1.165, 1.54) is 97.3 Å². The summed E-state index contributed by atoms with van der Waals surface area (Å²) in [5.41, 5.74) is 14.6. The first-order valence-electron chi connectivity index (χ1n) is 26.2. The van der Waals surface area contributed by atoms with Crippen LogP contribution in [0.3, 0.4) is 0 Å². The Morgan fingerprint density at radius 3 is 1.40 bits per heavy atom. The van der Waals surface area contributed by atoms with E-state index in [9.17, 15) is 45.6 Å². The Kier molecular flexibility index (Phi) is 19.8. The van der Waals surface area contributed by atoms with Gasteiger partial charge < -0.3 is 61.5 Å². The molecule has 0 unspecified atom stereocenters. The highest BCUT2D eigenvalue weighted by Crippen LogP contribution is 2.42. The molecule has 2 aromatic heterocycles. The Bertz CT molecular complexity index is 3490. The molecule has 6 amide bonds. The number of nitrogens with zero attached hydrogens (tertiary/aromatic N) is 4. The summed E-state index contributed by atoms with van der Waals surface area (Å²) in [6.07, 6.45) is 8.69. The Morgan fingerprint density at radius 1 is 0.548 bits per heavy atom. The normalized spacial score (nSPS) is 15.5. The number of aromatic nitrogens is 2. The van der Waals surface area contributed by atoms with Crippen molar-refractivity contribution >= 4 is 77.9 Å². The topological polar surface area (TPSA) is 340 Å². The number of ether oxygens (including phenoxy) is 4. The third kappa shape index (κ3) is 14.8. The SMILES string of the molecule is COc1ccc([C@@H](Nc2ccnc(C(N)=O)c2)C(=O)N2CCC[C@@H]2c2cc(NC(C)=O)ccc2S(C)(=O)=O)cc1OC.COc1ccc([C@H](Nc2cncc(C(N)=O)c2)C(=O)N2CCC[C@@H]2c2cc(NC(C)=O)ccc2S(C)(=O)=O)cc1OC. The number of sulfone groups is 2. The minimum Gasteiger partial charge on any atom is -0.493 e. The molecule has 26 heteroatoms. The zero-order chi connectivity index (χ0) is 61.2. The summed E-state index contributed by atoms with van der Waals surface area (Å²) in [4.78, 5) is 87.3. The molecule has 4 aromatic carbocycles. The fraction of sp³-hybridized carbons (Fsp3) is 0.310. The lowest BCUT2D eigenvalue weighted by atomic mass is 10.0. The Hall–Kier alpha value is -9.30. The molecule has 444 valence electrons. The molecule has 8 N–H and O–H groups in total. The van der Waals surface area contributed by atoms with Gasteiger partial charge in [-0.15, -0.1) is 0 Å². The molecular weight excluding hydrogens is 1120 g/mol. The number of carbonyl (C=O) groups excluding carboxylic acids is 6. The van der Waals surface area contributed by atoms with Gasteiger partial charge in [-0.1, -0.05) is 12.1 Å². The fourth-order valence-electron chi connectivity index (χ4n) is 10.2. The van der Waals surface area contributed by atoms with Crippen molar-refractivity contribution in [3.63, 3.8) is 0 Å². The number of carbonyl (C=O) groups is 6. The molecule has 2 saturated heterocycles. The van der Waals surface area contributed by atoms with Crippen molar-refractivity contribution in [3.8, 4) is 23.0 Å². The predicted molar refractivity (Wildman–Crippen MR) is 312 cm³/mol. The number of benzene rings is 4. The van der Waals surface area contributed by atoms with Gasteiger partial charge in [-0.3, -0.25) is 38.7 Å². The highest BCUT2D eigenvalue weighted by atomic mass is 32.2. The Labute approximate surface area is 486 Å². The number of amides is 6. The van der Waals surface area contributed by atoms with Crippen molar-refractivity contribution < 1.29 is 64.6 Å². The van der Waals surface area contributed by atoms with E-state index in [1.807, 2.05) is 0 Å². The summed E-state index contributed by atoms with van der Waals surface area (Å²) in [6, 6.07) is 20.7. The second-order valence-electron chi connectivity index (χ2n) is 19.8. The van der Waals surface area contributed by atoms with Crippen LogP contribution in [0.1, 0.15) is 107 Å². The van der Waals surface area contributed by atoms with Gasteiger partial charge in [-0.2, -0.15) is 0 Å². The van der Waals surface area contributed by atoms with Gasteiger partial charge in [0.05, 0.1) is 67.8 Å². The molecule has 8 rings (SSSR count). The number of rotatable bonds is 20. The van der Waals surface area contributed by atoms with E-state index >= 15 is 0 Å². The maximum Gasteiger partial charge on any atom is 0.267 e. The minimum atomic E-state index is -3.66. The molecule has 4 atom stereocenters. The van der Waals surface area contributed by atoms with Gasteiger partial charge in [0.25, 0.3) is 5.91 Å². The smallest absolute Gasteiger partial charge is 0.267 e. The zero-order valence-electron chi connectivity index (χ0n) is 47.4. The lowest BCUT2D eigenvalue weighted by Gasteiger charge is -2.31. The van der Waals surface area contributed by atoms with Gasteiger partial charge in [-0.05, 0) is 127 Å². The van der Waals surface area contributed by atoms with Gasteiger partial charge in [-0.25, -0.2) is 16.8 Å². The van der Waals surface area contributed by atoms with E-state index in [0.717, 1.165) is 12.5 Å². The van der Waals surface area contributed by atoms with E-state index in [4.69, 9.17) is 30.4 Å². The molecule has 0 radical (unpaired) electrons. The second kappa shape index (κ2) is 26.7. The largest absolute Gasteiger partial charge is 0.493 e. The molecule has 0 saturated carbocycles. The first kappa shape index (κ1) is 62.3. The average molecular weight is 1190 g/mol. The highest BCUT2D eigenvalue weighted by molar-refractivity contribution is 7.91. The molecule has 4 heterocycles. The second-order valence-corrected chi connectivity index (χ2v) is 23.8. The van der Waals surface area contributed by atoms with Crippen LogP contribution in [-0.2, 0) is 38.9 Å². The summed E-state index contributed by atoms with van der Waals surface area (Å²) < 4.78 is 72.7. The van der Waals surface area contributed by atoms with Crippen LogP contribution in [0, 0.1) is 0 Å². The van der Waals surface area contributed by atoms with Crippen LogP contribution in [0.4, 0.5) is 22.7 Å². The van der Waals surface area contributed by atoms with E-state index < -0.39 is 55.7 Å². The van der Waals surface area contributed by atoms with Gasteiger partial charge in [0.15, 0.2) is 42.7 Å². The Balaban J connectivity index is 0.000000241. The molecule has 2 aliphatic rings. The third-order valence-corrected chi connectivity index (χ3v) is 16.2. The fourth-order valence-corrected chi connectivity index (χ4v) is 12.1. The average Bonchev–Trinajstić information content (AvgIpc) is 4.27. The van der Waals surface area contributed by atoms with E-state index in [1.54, 1.807) is 64.4 Å². The van der Waals surface area contributed by atoms with Crippen LogP contribution >= 0.6 is 0 Å². The van der Waals surface area contributed by atoms with Gasteiger partial charge >= 0.3 is 0 Å². The minimum absolute atomic E-state index is 0.0186. The standard InChI is InChI=1S/2C29H33N5O7S/c1-17(35)32-19-8-10-26(42(4,38)39)21(15-19)23-6-5-13-34(23)29(37)27(18-7-9-24(40-2)25(14-18)41-3)33-20-11-12-31-22(16-20)28(30)36;1-17(35)32-20-8-10-26(42(4,38)39)22(14-20)23-6-5-11-34(23)29(37)27(18-7-9-24(40-2)25(13-18)41-3)33-21-12-19(28(30)36)15-31-16-21/h7-12,14-16,23,27H,5-6,13H2,1-4H3,(H2,30,36)(H,31,33)(H,32,35);7-10,12-16,23,27,33H,5-6,11H2,1-4H3,(H2,30,36)(H,32,35)/t23-,27-;23-,27+/m11/s1. The summed E-state index contributed by atoms with van der Waals surface area (Å²) in [5.74, 6) is -0.955. The summed E-state index contributed by atoms with van der Waals surface area (Å²) >= 11 is 0. The van der Waals surface area contributed by atoms with Crippen LogP contribution in [0.5, 0.6) is 23.0 Å². The van der Waals surface area contributed by atoms with Crippen molar-refractivity contribution in [2.24, 2.45) is 11.5 Å². The number of hydrogen-bond donors (Lipinski definition) is 6. The lowest BCUT2D eigenvalue weighted by Crippen LogP contribution is -2.38. The van der Waals surface area contributed by atoms with Gasteiger partial charge in [0.2, 0.25) is 29.5 Å². The van der Waals surface area contributed by atoms with Crippen LogP contribution in [0.2, 0.25) is 0 Å². The van der Waals surface area contributed by atoms with Gasteiger partial charge in [0.1, 0.15) is 17.8 Å². The number of pyridine rings is 2. The van der Waals surface area contributed by atoms with Crippen LogP contribution in [0.15, 0.2) is 119 Å². The molecule has 0 spiro atoms. The number of methoxy groups -OCH3 is 4. The molecular formula is C58H66N10O14S2. The van der Waals surface area contributed by atoms with Crippen LogP contribution < -0.4 is 51.7 Å². The van der Waals surface area contributed by atoms with Crippen molar-refractivity contribution in [1.82, 2.24) is 19.8 Å². The van der Waals surface area contributed by atoms with Crippen molar-refractivity contribution in [3.05, 3.63) is 143 Å². The summed E-state index contributed by atoms with van der Waals surface area (Å²) in [7, 11) is -1.35. The van der Waals surface area contributed by atoms with Crippen LogP contribution in [0.25, 0.3) is 0 Å². The summed E-state index contributed by atoms with van der Waals surface area (Å²) in [6.45, 7) is 3.45. The number of hydrogen-bond acceptors (Lipinski definition) is 18. The predicted octanol–water partition coefficient (Wildman–Crippen LogP) is 6.15. The molecule has 2 aliphatic heterocycles. The maximum absolute atomic E-state index is 14.4. The number of likely N-dealkylation sites (tertiary alicyclic amines) is 2. The highest BCUT2D eigenvalue weighted by Gasteiger charge is 2.39. The molecule has 0 bridgehead atoms. The molecule has 24 nitrogen and oxygen atoms in total. The number of primary amides is 2.